The second kappa shape index (κ2) is 14.4. The van der Waals surface area contributed by atoms with E-state index in [1.165, 1.54) is 121 Å². The van der Waals surface area contributed by atoms with E-state index in [0.29, 0.717) is 0 Å². The van der Waals surface area contributed by atoms with E-state index in [2.05, 4.69) is 247 Å². The predicted molar refractivity (Wildman–Crippen MR) is 288 cm³/mol. The quantitative estimate of drug-likeness (QED) is 0.167. The molecule has 0 heterocycles. The first kappa shape index (κ1) is 39.6. The molecule has 11 aromatic rings. The van der Waals surface area contributed by atoms with Crippen molar-refractivity contribution in [2.75, 3.05) is 4.90 Å². The van der Waals surface area contributed by atoms with Gasteiger partial charge in [-0.2, -0.15) is 0 Å². The van der Waals surface area contributed by atoms with E-state index >= 15 is 0 Å². The summed E-state index contributed by atoms with van der Waals surface area (Å²) in [6.07, 6.45) is 0. The average molecular weight is 858 g/mol. The van der Waals surface area contributed by atoms with Gasteiger partial charge in [-0.15, -0.1) is 0 Å². The average Bonchev–Trinajstić information content (AvgIpc) is 3.34. The maximum absolute atomic E-state index is 2.52. The zero-order chi connectivity index (χ0) is 45.3. The van der Waals surface area contributed by atoms with Crippen molar-refractivity contribution in [3.63, 3.8) is 0 Å². The second-order valence-corrected chi connectivity index (χ2v) is 21.0. The molecule has 0 spiro atoms. The van der Waals surface area contributed by atoms with Gasteiger partial charge in [-0.25, -0.2) is 0 Å². The number of rotatable bonds is 5. The first-order valence-corrected chi connectivity index (χ1v) is 23.8. The topological polar surface area (TPSA) is 3.24 Å². The van der Waals surface area contributed by atoms with Crippen LogP contribution in [0.25, 0.3) is 110 Å². The summed E-state index contributed by atoms with van der Waals surface area (Å²) >= 11 is 0. The van der Waals surface area contributed by atoms with Gasteiger partial charge in [0.2, 0.25) is 0 Å². The number of fused-ring (bicyclic) bond motifs is 12. The highest BCUT2D eigenvalue weighted by molar-refractivity contribution is 6.14. The molecule has 0 aromatic heterocycles. The Balaban J connectivity index is 0.997. The summed E-state index contributed by atoms with van der Waals surface area (Å²) in [5.74, 6) is 0. The molecule has 0 atom stereocenters. The van der Waals surface area contributed by atoms with Crippen molar-refractivity contribution in [3.8, 4) is 66.8 Å². The summed E-state index contributed by atoms with van der Waals surface area (Å²) in [6.45, 7) is 13.8. The number of benzene rings is 11. The summed E-state index contributed by atoms with van der Waals surface area (Å²) in [5.41, 5.74) is 21.8. The summed E-state index contributed by atoms with van der Waals surface area (Å²) in [6, 6.07) is 76.0. The van der Waals surface area contributed by atoms with Gasteiger partial charge in [-0.3, -0.25) is 0 Å². The van der Waals surface area contributed by atoms with Crippen LogP contribution in [0.4, 0.5) is 17.1 Å². The molecule has 0 amide bonds. The van der Waals surface area contributed by atoms with E-state index in [1.807, 2.05) is 0 Å². The molecule has 1 nitrogen and oxygen atoms in total. The van der Waals surface area contributed by atoms with Crippen LogP contribution in [0.5, 0.6) is 0 Å². The van der Waals surface area contributed by atoms with Crippen LogP contribution in [0.1, 0.15) is 52.7 Å². The standard InChI is InChI=1S/C66H51N/c1-65(2,3)50-24-20-42-32-56-58-34-44-22-26-52(30-48(44)38-62(58)60(56)36-46(42)28-50)67(64-54(40-14-9-7-10-15-40)18-13-19-55(64)41-16-11-8-12-17-41)53-27-23-45-35-59-57-33-43-21-25-51(66(4,5)6)29-47(43)37-61(57)63(59)39-49(45)31-53/h7-39H,1-6H3. The van der Waals surface area contributed by atoms with Crippen LogP contribution in [-0.2, 0) is 10.8 Å². The van der Waals surface area contributed by atoms with Crippen molar-refractivity contribution < 1.29 is 0 Å². The van der Waals surface area contributed by atoms with Crippen molar-refractivity contribution in [1.29, 1.82) is 0 Å². The Kier molecular flexibility index (Phi) is 8.50. The molecular formula is C66H51N. The molecule has 0 aliphatic heterocycles. The van der Waals surface area contributed by atoms with E-state index in [-0.39, 0.29) is 10.8 Å². The molecule has 0 saturated heterocycles. The third-order valence-electron chi connectivity index (χ3n) is 14.7. The zero-order valence-corrected chi connectivity index (χ0v) is 39.0. The van der Waals surface area contributed by atoms with E-state index in [4.69, 9.17) is 0 Å². The molecule has 67 heavy (non-hydrogen) atoms. The van der Waals surface area contributed by atoms with Gasteiger partial charge >= 0.3 is 0 Å². The van der Waals surface area contributed by atoms with Crippen molar-refractivity contribution in [3.05, 3.63) is 211 Å². The minimum Gasteiger partial charge on any atom is -0.309 e. The fraction of sp³-hybridized carbons (Fsp3) is 0.121. The van der Waals surface area contributed by atoms with E-state index in [0.717, 1.165) is 17.1 Å². The summed E-state index contributed by atoms with van der Waals surface area (Å²) in [4.78, 5) is 2.52. The fourth-order valence-electron chi connectivity index (χ4n) is 10.9. The lowest BCUT2D eigenvalue weighted by Crippen LogP contribution is -2.13. The van der Waals surface area contributed by atoms with Gasteiger partial charge in [-0.05, 0) is 193 Å². The SMILES string of the molecule is CC(C)(C)c1ccc2cc3c(cc2c1)-c1cc2cc(N(c4ccc5cc6c(cc5c4)-c4cc5cc(C(C)(C)C)ccc5cc4-6)c4c(-c5ccccc5)cccc4-c4ccccc4)ccc2cc1-3. The molecule has 0 N–H and O–H groups in total. The van der Waals surface area contributed by atoms with Gasteiger partial charge in [0.15, 0.2) is 0 Å². The Hall–Kier alpha value is -7.74. The summed E-state index contributed by atoms with van der Waals surface area (Å²) in [5, 5.41) is 10.2. The number of para-hydroxylation sites is 1. The molecule has 1 heteroatoms. The predicted octanol–water partition coefficient (Wildman–Crippen LogP) is 19.0. The molecular weight excluding hydrogens is 807 g/mol. The first-order valence-electron chi connectivity index (χ1n) is 23.8. The van der Waals surface area contributed by atoms with Crippen LogP contribution in [-0.4, -0.2) is 0 Å². The van der Waals surface area contributed by atoms with Crippen LogP contribution < -0.4 is 4.90 Å². The smallest absolute Gasteiger partial charge is 0.0618 e. The highest BCUT2D eigenvalue weighted by atomic mass is 15.1. The van der Waals surface area contributed by atoms with Gasteiger partial charge in [0.05, 0.1) is 5.69 Å². The fourth-order valence-corrected chi connectivity index (χ4v) is 10.9. The Morgan fingerprint density at radius 2 is 0.567 bits per heavy atom. The maximum Gasteiger partial charge on any atom is 0.0618 e. The Bertz CT molecular complexity index is 3610. The van der Waals surface area contributed by atoms with Crippen LogP contribution in [0.3, 0.4) is 0 Å². The molecule has 320 valence electrons. The third-order valence-corrected chi connectivity index (χ3v) is 14.7. The third kappa shape index (κ3) is 6.36. The molecule has 0 fully saturated rings. The van der Waals surface area contributed by atoms with Crippen LogP contribution >= 0.6 is 0 Å². The van der Waals surface area contributed by atoms with Crippen molar-refractivity contribution in [1.82, 2.24) is 0 Å². The molecule has 0 unspecified atom stereocenters. The highest BCUT2D eigenvalue weighted by Crippen LogP contribution is 2.54. The number of anilines is 3. The van der Waals surface area contributed by atoms with Crippen molar-refractivity contribution in [2.24, 2.45) is 0 Å². The van der Waals surface area contributed by atoms with Crippen LogP contribution in [0, 0.1) is 0 Å². The van der Waals surface area contributed by atoms with Crippen molar-refractivity contribution in [2.45, 2.75) is 52.4 Å². The van der Waals surface area contributed by atoms with Crippen molar-refractivity contribution >= 4 is 60.2 Å². The van der Waals surface area contributed by atoms with Gasteiger partial charge < -0.3 is 4.90 Å². The molecule has 13 rings (SSSR count). The number of hydrogen-bond acceptors (Lipinski definition) is 1. The van der Waals surface area contributed by atoms with Gasteiger partial charge in [0.1, 0.15) is 0 Å². The summed E-state index contributed by atoms with van der Waals surface area (Å²) < 4.78 is 0. The Morgan fingerprint density at radius 1 is 0.254 bits per heavy atom. The minimum atomic E-state index is 0.0936. The molecule has 0 bridgehead atoms. The molecule has 0 saturated carbocycles. The lowest BCUT2D eigenvalue weighted by Gasteiger charge is -2.32. The van der Waals surface area contributed by atoms with Gasteiger partial charge in [0, 0.05) is 22.5 Å². The number of hydrogen-bond donors (Lipinski definition) is 0. The minimum absolute atomic E-state index is 0.0936. The van der Waals surface area contributed by atoms with E-state index in [9.17, 15) is 0 Å². The lowest BCUT2D eigenvalue weighted by atomic mass is 9.77. The first-order chi connectivity index (χ1) is 32.4. The monoisotopic (exact) mass is 857 g/mol. The van der Waals surface area contributed by atoms with E-state index in [1.54, 1.807) is 0 Å². The normalized spacial score (nSPS) is 12.6. The van der Waals surface area contributed by atoms with Crippen LogP contribution in [0.2, 0.25) is 0 Å². The van der Waals surface area contributed by atoms with Crippen LogP contribution in [0.15, 0.2) is 200 Å². The molecule has 11 aromatic carbocycles. The van der Waals surface area contributed by atoms with E-state index < -0.39 is 0 Å². The molecule has 2 aliphatic carbocycles. The van der Waals surface area contributed by atoms with Gasteiger partial charge in [0.25, 0.3) is 0 Å². The van der Waals surface area contributed by atoms with Gasteiger partial charge in [-0.1, -0.05) is 169 Å². The maximum atomic E-state index is 2.52. The highest BCUT2D eigenvalue weighted by Gasteiger charge is 2.28. The zero-order valence-electron chi connectivity index (χ0n) is 39.0. The largest absolute Gasteiger partial charge is 0.309 e. The molecule has 2 aliphatic rings. The lowest BCUT2D eigenvalue weighted by molar-refractivity contribution is 0.591. The Labute approximate surface area is 393 Å². The second-order valence-electron chi connectivity index (χ2n) is 21.0. The summed E-state index contributed by atoms with van der Waals surface area (Å²) in [7, 11) is 0. The number of nitrogens with zero attached hydrogens (tertiary/aromatic N) is 1. The Morgan fingerprint density at radius 3 is 0.910 bits per heavy atom. The molecule has 0 radical (unpaired) electrons.